The molecule has 0 spiro atoms. The van der Waals surface area contributed by atoms with E-state index in [-0.39, 0.29) is 20.1 Å². The topological polar surface area (TPSA) is 51.8 Å². The summed E-state index contributed by atoms with van der Waals surface area (Å²) in [6.07, 6.45) is 3.57. The van der Waals surface area contributed by atoms with Crippen molar-refractivity contribution in [3.63, 3.8) is 0 Å². The van der Waals surface area contributed by atoms with E-state index >= 15 is 0 Å². The summed E-state index contributed by atoms with van der Waals surface area (Å²) in [6.45, 7) is 6.87. The minimum absolute atomic E-state index is 0. The smallest absolute Gasteiger partial charge is 0.215 e. The molecule has 0 N–H and O–H groups in total. The van der Waals surface area contributed by atoms with E-state index < -0.39 is 8.07 Å². The first-order valence-corrected chi connectivity index (χ1v) is 15.0. The van der Waals surface area contributed by atoms with Gasteiger partial charge >= 0.3 is 0 Å². The Kier molecular flexibility index (Phi) is 7.90. The van der Waals surface area contributed by atoms with E-state index in [9.17, 15) is 0 Å². The molecule has 4 nitrogen and oxygen atoms in total. The normalized spacial score (nSPS) is 11.0. The van der Waals surface area contributed by atoms with Crippen molar-refractivity contribution in [3.8, 4) is 22.5 Å². The van der Waals surface area contributed by atoms with E-state index in [1.807, 2.05) is 72.8 Å². The maximum Gasteiger partial charge on any atom is 0.215 e. The molecule has 0 bridgehead atoms. The molecule has 0 saturated heterocycles. The van der Waals surface area contributed by atoms with E-state index in [0.717, 1.165) is 44.2 Å². The van der Waals surface area contributed by atoms with Crippen molar-refractivity contribution in [3.05, 3.63) is 109 Å². The molecule has 0 aliphatic rings. The summed E-state index contributed by atoms with van der Waals surface area (Å²) in [5, 5.41) is 3.27. The molecule has 4 aromatic heterocycles. The monoisotopic (exact) mass is 664 g/mol. The molecule has 0 fully saturated rings. The summed E-state index contributed by atoms with van der Waals surface area (Å²) in [5.74, 6) is 0. The van der Waals surface area contributed by atoms with Crippen molar-refractivity contribution in [2.75, 3.05) is 0 Å². The maximum atomic E-state index is 6.11. The van der Waals surface area contributed by atoms with Gasteiger partial charge in [0.2, 0.25) is 5.71 Å². The van der Waals surface area contributed by atoms with E-state index in [1.54, 1.807) is 12.4 Å². The van der Waals surface area contributed by atoms with Gasteiger partial charge in [-0.1, -0.05) is 54.9 Å². The maximum absolute atomic E-state index is 6.11. The minimum atomic E-state index is -1.47. The van der Waals surface area contributed by atoms with Crippen LogP contribution in [0.1, 0.15) is 0 Å². The zero-order valence-corrected chi connectivity index (χ0v) is 23.7. The minimum Gasteiger partial charge on any atom is -0.486 e. The Balaban J connectivity index is 0.000000198. The van der Waals surface area contributed by atoms with Crippen LogP contribution >= 0.6 is 0 Å². The van der Waals surface area contributed by atoms with Gasteiger partial charge in [0.05, 0.1) is 5.58 Å². The quantitative estimate of drug-likeness (QED) is 0.152. The summed E-state index contributed by atoms with van der Waals surface area (Å²) in [6, 6.07) is 34.1. The van der Waals surface area contributed by atoms with Gasteiger partial charge in [-0.25, -0.2) is 4.98 Å². The molecule has 6 aromatic rings. The standard InChI is InChI=1S/C19H17N2OSi.C11H8N.Ir/c1-23(2,3)17-11-10-14-13-7-6-8-15(16-9-4-5-12-20-16)18(13)22-19(14)21-17;1-2-6-10(7-3-1)11-8-4-5-9-12-11;/h4-7,9-12H,1-3H3;1-6,8-9H;/q2*-1;. The Bertz CT molecular complexity index is 1530. The third-order valence-corrected chi connectivity index (χ3v) is 7.45. The predicted octanol–water partition coefficient (Wildman–Crippen LogP) is 6.93. The van der Waals surface area contributed by atoms with E-state index in [1.165, 1.54) is 0 Å². The summed E-state index contributed by atoms with van der Waals surface area (Å²) in [5.41, 5.74) is 5.27. The fraction of sp³-hybridized carbons (Fsp3) is 0.100. The summed E-state index contributed by atoms with van der Waals surface area (Å²) >= 11 is 0. The Labute approximate surface area is 225 Å². The summed E-state index contributed by atoms with van der Waals surface area (Å²) in [4.78, 5) is 13.4. The second kappa shape index (κ2) is 11.1. The molecule has 0 unspecified atom stereocenters. The summed E-state index contributed by atoms with van der Waals surface area (Å²) < 4.78 is 6.11. The van der Waals surface area contributed by atoms with Crippen LogP contribution in [0.25, 0.3) is 44.6 Å². The van der Waals surface area contributed by atoms with Gasteiger partial charge in [0.1, 0.15) is 8.07 Å². The third-order valence-electron chi connectivity index (χ3n) is 5.64. The molecule has 1 radical (unpaired) electrons. The molecule has 0 amide bonds. The van der Waals surface area contributed by atoms with Gasteiger partial charge in [-0.2, -0.15) is 0 Å². The Morgan fingerprint density at radius 2 is 1.42 bits per heavy atom. The van der Waals surface area contributed by atoms with E-state index in [4.69, 9.17) is 9.40 Å². The van der Waals surface area contributed by atoms with Crippen molar-refractivity contribution < 1.29 is 24.5 Å². The van der Waals surface area contributed by atoms with Crippen LogP contribution in [0.15, 0.2) is 102 Å². The van der Waals surface area contributed by atoms with Crippen LogP contribution in [0.5, 0.6) is 0 Å². The fourth-order valence-electron chi connectivity index (χ4n) is 3.82. The van der Waals surface area contributed by atoms with Crippen LogP contribution in [0.2, 0.25) is 19.6 Å². The van der Waals surface area contributed by atoms with Crippen LogP contribution in [-0.4, -0.2) is 23.0 Å². The molecule has 4 heterocycles. The van der Waals surface area contributed by atoms with Gasteiger partial charge in [-0.05, 0) is 35.7 Å². The van der Waals surface area contributed by atoms with Gasteiger partial charge in [0.25, 0.3) is 0 Å². The zero-order chi connectivity index (χ0) is 24.3. The number of hydrogen-bond acceptors (Lipinski definition) is 4. The van der Waals surface area contributed by atoms with Gasteiger partial charge < -0.3 is 14.4 Å². The molecule has 6 rings (SSSR count). The number of pyridine rings is 3. The zero-order valence-electron chi connectivity index (χ0n) is 20.3. The number of aromatic nitrogens is 3. The van der Waals surface area contributed by atoms with Crippen molar-refractivity contribution in [2.24, 2.45) is 0 Å². The second-order valence-corrected chi connectivity index (χ2v) is 14.2. The Morgan fingerprint density at radius 1 is 0.694 bits per heavy atom. The van der Waals surface area contributed by atoms with Crippen molar-refractivity contribution in [2.45, 2.75) is 19.6 Å². The molecule has 6 heteroatoms. The number of hydrogen-bond donors (Lipinski definition) is 0. The molecular formula is C30H25IrN3OSi-2. The largest absolute Gasteiger partial charge is 0.486 e. The van der Waals surface area contributed by atoms with Crippen LogP contribution in [0, 0.1) is 12.1 Å². The first-order valence-electron chi connectivity index (χ1n) is 11.5. The van der Waals surface area contributed by atoms with Crippen LogP contribution in [0.4, 0.5) is 0 Å². The fourth-order valence-corrected chi connectivity index (χ4v) is 4.84. The van der Waals surface area contributed by atoms with Gasteiger partial charge in [0, 0.05) is 43.2 Å². The van der Waals surface area contributed by atoms with Crippen molar-refractivity contribution in [1.82, 2.24) is 15.0 Å². The molecule has 2 aromatic carbocycles. The Hall–Kier alpha value is -3.44. The molecule has 0 atom stereocenters. The second-order valence-electron chi connectivity index (χ2n) is 9.20. The molecule has 36 heavy (non-hydrogen) atoms. The number of benzene rings is 2. The number of nitrogens with zero attached hydrogens (tertiary/aromatic N) is 3. The number of rotatable bonds is 3. The predicted molar refractivity (Wildman–Crippen MR) is 145 cm³/mol. The van der Waals surface area contributed by atoms with Crippen LogP contribution in [-0.2, 0) is 20.1 Å². The van der Waals surface area contributed by atoms with Gasteiger partial charge in [0.15, 0.2) is 0 Å². The van der Waals surface area contributed by atoms with Crippen LogP contribution in [0.3, 0.4) is 0 Å². The summed E-state index contributed by atoms with van der Waals surface area (Å²) in [7, 11) is -1.47. The molecular weight excluding hydrogens is 639 g/mol. The van der Waals surface area contributed by atoms with E-state index in [0.29, 0.717) is 5.71 Å². The van der Waals surface area contributed by atoms with E-state index in [2.05, 4.69) is 53.9 Å². The molecule has 0 aliphatic heterocycles. The van der Waals surface area contributed by atoms with Crippen molar-refractivity contribution in [1.29, 1.82) is 0 Å². The average molecular weight is 664 g/mol. The van der Waals surface area contributed by atoms with Gasteiger partial charge in [-0.3, -0.25) is 0 Å². The SMILES string of the molecule is C[Si](C)(C)c1ccc2c(n1)oc1c(-c3ccccn3)[c-]ccc12.[Ir].[c-]1ccccc1-c1ccccn1. The van der Waals surface area contributed by atoms with Crippen LogP contribution < -0.4 is 5.32 Å². The van der Waals surface area contributed by atoms with Gasteiger partial charge in [-0.15, -0.1) is 54.1 Å². The third kappa shape index (κ3) is 5.52. The first-order chi connectivity index (χ1) is 17.0. The number of fused-ring (bicyclic) bond motifs is 3. The average Bonchev–Trinajstić information content (AvgIpc) is 3.28. The number of furan rings is 1. The molecule has 181 valence electrons. The first kappa shape index (κ1) is 25.6. The Morgan fingerprint density at radius 3 is 2.06 bits per heavy atom. The van der Waals surface area contributed by atoms with Crippen molar-refractivity contribution >= 4 is 35.5 Å². The molecule has 0 saturated carbocycles. The molecule has 0 aliphatic carbocycles.